The van der Waals surface area contributed by atoms with E-state index in [0.717, 1.165) is 10.9 Å². The highest BCUT2D eigenvalue weighted by atomic mass is 35.5. The molecule has 1 aromatic heterocycles. The number of hydrogen-bond acceptors (Lipinski definition) is 2. The number of hydrogen-bond donors (Lipinski definition) is 1. The summed E-state index contributed by atoms with van der Waals surface area (Å²) in [6, 6.07) is 7.57. The normalized spacial score (nSPS) is 15.1. The number of amides is 2. The molecule has 18 heavy (non-hydrogen) atoms. The van der Waals surface area contributed by atoms with Crippen molar-refractivity contribution in [3.63, 3.8) is 0 Å². The number of rotatable bonds is 1. The van der Waals surface area contributed by atoms with Crippen molar-refractivity contribution in [2.24, 2.45) is 7.05 Å². The van der Waals surface area contributed by atoms with Gasteiger partial charge < -0.3 is 4.57 Å². The molecule has 1 aliphatic rings. The van der Waals surface area contributed by atoms with E-state index >= 15 is 0 Å². The van der Waals surface area contributed by atoms with Crippen LogP contribution in [0, 0.1) is 0 Å². The molecular weight excluding hydrogens is 252 g/mol. The predicted octanol–water partition coefficient (Wildman–Crippen LogP) is 1.87. The third kappa shape index (κ3) is 1.39. The number of fused-ring (bicyclic) bond motifs is 1. The number of aromatic nitrogens is 1. The fourth-order valence-corrected chi connectivity index (χ4v) is 2.51. The molecule has 2 heterocycles. The van der Waals surface area contributed by atoms with Crippen molar-refractivity contribution in [3.05, 3.63) is 41.1 Å². The lowest BCUT2D eigenvalue weighted by atomic mass is 10.1. The number of halogens is 1. The maximum absolute atomic E-state index is 11.7. The number of imide groups is 1. The van der Waals surface area contributed by atoms with E-state index in [2.05, 4.69) is 5.32 Å². The second kappa shape index (κ2) is 3.71. The largest absolute Gasteiger partial charge is 0.334 e. The Kier molecular flexibility index (Phi) is 2.28. The minimum atomic E-state index is -0.404. The Labute approximate surface area is 108 Å². The SMILES string of the molecule is Cn1c(Cl)c(C2=CC(=O)NC2=O)c2ccccc21. The van der Waals surface area contributed by atoms with Crippen LogP contribution >= 0.6 is 11.6 Å². The lowest BCUT2D eigenvalue weighted by molar-refractivity contribution is -0.123. The summed E-state index contributed by atoms with van der Waals surface area (Å²) in [5.41, 5.74) is 1.85. The molecule has 0 aliphatic carbocycles. The van der Waals surface area contributed by atoms with Crippen LogP contribution in [0.1, 0.15) is 5.56 Å². The molecule has 0 fully saturated rings. The fraction of sp³-hybridized carbons (Fsp3) is 0.0769. The Bertz CT molecular complexity index is 728. The van der Waals surface area contributed by atoms with Crippen LogP contribution in [0.5, 0.6) is 0 Å². The van der Waals surface area contributed by atoms with Gasteiger partial charge in [0.1, 0.15) is 5.15 Å². The van der Waals surface area contributed by atoms with Crippen LogP contribution in [-0.2, 0) is 16.6 Å². The number of carbonyl (C=O) groups excluding carboxylic acids is 2. The van der Waals surface area contributed by atoms with Gasteiger partial charge in [-0.3, -0.25) is 14.9 Å². The summed E-state index contributed by atoms with van der Waals surface area (Å²) in [4.78, 5) is 23.0. The lowest BCUT2D eigenvalue weighted by Crippen LogP contribution is -2.21. The summed E-state index contributed by atoms with van der Waals surface area (Å²) < 4.78 is 1.79. The van der Waals surface area contributed by atoms with Gasteiger partial charge in [0.15, 0.2) is 0 Å². The number of nitrogens with zero attached hydrogens (tertiary/aromatic N) is 1. The van der Waals surface area contributed by atoms with Crippen LogP contribution in [0.2, 0.25) is 5.15 Å². The standard InChI is InChI=1S/C13H9ClN2O2/c1-16-9-5-3-2-4-7(9)11(12(16)14)8-6-10(17)15-13(8)18/h2-6H,1H3,(H,15,17,18). The third-order valence-electron chi connectivity index (χ3n) is 3.06. The molecule has 0 bridgehead atoms. The second-order valence-corrected chi connectivity index (χ2v) is 4.48. The molecule has 1 aromatic carbocycles. The van der Waals surface area contributed by atoms with Crippen LogP contribution in [0.4, 0.5) is 0 Å². The molecule has 5 heteroatoms. The summed E-state index contributed by atoms with van der Waals surface area (Å²) in [6.45, 7) is 0. The molecule has 0 unspecified atom stereocenters. The predicted molar refractivity (Wildman–Crippen MR) is 69.1 cm³/mol. The monoisotopic (exact) mass is 260 g/mol. The molecule has 4 nitrogen and oxygen atoms in total. The highest BCUT2D eigenvalue weighted by molar-refractivity contribution is 6.41. The zero-order chi connectivity index (χ0) is 12.9. The molecule has 0 atom stereocenters. The topological polar surface area (TPSA) is 51.1 Å². The average Bonchev–Trinajstić information content (AvgIpc) is 2.79. The first-order chi connectivity index (χ1) is 8.59. The second-order valence-electron chi connectivity index (χ2n) is 4.12. The molecule has 0 saturated heterocycles. The van der Waals surface area contributed by atoms with Gasteiger partial charge in [-0.2, -0.15) is 0 Å². The molecule has 1 aliphatic heterocycles. The van der Waals surface area contributed by atoms with E-state index in [1.54, 1.807) is 4.57 Å². The number of carbonyl (C=O) groups is 2. The van der Waals surface area contributed by atoms with E-state index in [0.29, 0.717) is 16.3 Å². The quantitative estimate of drug-likeness (QED) is 0.796. The van der Waals surface area contributed by atoms with Crippen LogP contribution in [0.25, 0.3) is 16.5 Å². The minimum Gasteiger partial charge on any atom is -0.334 e. The number of nitrogens with one attached hydrogen (secondary N) is 1. The number of benzene rings is 1. The van der Waals surface area contributed by atoms with Crippen molar-refractivity contribution in [3.8, 4) is 0 Å². The summed E-state index contributed by atoms with van der Waals surface area (Å²) in [6.07, 6.45) is 1.29. The summed E-state index contributed by atoms with van der Waals surface area (Å²) in [7, 11) is 1.82. The van der Waals surface area contributed by atoms with Gasteiger partial charge in [-0.1, -0.05) is 29.8 Å². The Morgan fingerprint density at radius 2 is 1.94 bits per heavy atom. The Balaban J connectivity index is 2.37. The Hall–Kier alpha value is -2.07. The molecule has 3 rings (SSSR count). The summed E-state index contributed by atoms with van der Waals surface area (Å²) >= 11 is 6.26. The van der Waals surface area contributed by atoms with Crippen LogP contribution in [-0.4, -0.2) is 16.4 Å². The lowest BCUT2D eigenvalue weighted by Gasteiger charge is -1.99. The van der Waals surface area contributed by atoms with Gasteiger partial charge in [-0.25, -0.2) is 0 Å². The van der Waals surface area contributed by atoms with Crippen molar-refractivity contribution in [1.29, 1.82) is 0 Å². The maximum atomic E-state index is 11.7. The number of para-hydroxylation sites is 1. The van der Waals surface area contributed by atoms with E-state index in [4.69, 9.17) is 11.6 Å². The minimum absolute atomic E-state index is 0.321. The molecule has 0 spiro atoms. The summed E-state index contributed by atoms with van der Waals surface area (Å²) in [5.74, 6) is -0.808. The van der Waals surface area contributed by atoms with Gasteiger partial charge in [-0.05, 0) is 6.07 Å². The maximum Gasteiger partial charge on any atom is 0.259 e. The van der Waals surface area contributed by atoms with Crippen molar-refractivity contribution in [2.75, 3.05) is 0 Å². The first kappa shape index (κ1) is 11.0. The smallest absolute Gasteiger partial charge is 0.259 e. The van der Waals surface area contributed by atoms with E-state index in [1.807, 2.05) is 31.3 Å². The molecule has 90 valence electrons. The van der Waals surface area contributed by atoms with Gasteiger partial charge in [0.2, 0.25) is 0 Å². The molecule has 0 saturated carbocycles. The summed E-state index contributed by atoms with van der Waals surface area (Å²) in [5, 5.41) is 3.54. The third-order valence-corrected chi connectivity index (χ3v) is 3.50. The highest BCUT2D eigenvalue weighted by Gasteiger charge is 2.27. The average molecular weight is 261 g/mol. The van der Waals surface area contributed by atoms with Crippen LogP contribution in [0.3, 0.4) is 0 Å². The zero-order valence-electron chi connectivity index (χ0n) is 9.53. The van der Waals surface area contributed by atoms with Crippen molar-refractivity contribution in [2.45, 2.75) is 0 Å². The van der Waals surface area contributed by atoms with E-state index in [1.165, 1.54) is 6.08 Å². The van der Waals surface area contributed by atoms with Crippen molar-refractivity contribution >= 4 is 39.9 Å². The first-order valence-corrected chi connectivity index (χ1v) is 5.77. The number of aryl methyl sites for hydroxylation is 1. The molecule has 2 amide bonds. The van der Waals surface area contributed by atoms with Gasteiger partial charge in [0.05, 0.1) is 5.57 Å². The van der Waals surface area contributed by atoms with Crippen LogP contribution < -0.4 is 5.32 Å². The highest BCUT2D eigenvalue weighted by Crippen LogP contribution is 2.35. The van der Waals surface area contributed by atoms with E-state index in [9.17, 15) is 9.59 Å². The Morgan fingerprint density at radius 1 is 1.22 bits per heavy atom. The fourth-order valence-electron chi connectivity index (χ4n) is 2.22. The first-order valence-electron chi connectivity index (χ1n) is 5.40. The molecule has 2 aromatic rings. The van der Waals surface area contributed by atoms with Gasteiger partial charge in [0, 0.05) is 29.6 Å². The van der Waals surface area contributed by atoms with E-state index in [-0.39, 0.29) is 0 Å². The molecule has 0 radical (unpaired) electrons. The molecule has 1 N–H and O–H groups in total. The van der Waals surface area contributed by atoms with Gasteiger partial charge >= 0.3 is 0 Å². The van der Waals surface area contributed by atoms with Crippen molar-refractivity contribution in [1.82, 2.24) is 9.88 Å². The molecular formula is C13H9ClN2O2. The zero-order valence-corrected chi connectivity index (χ0v) is 10.3. The van der Waals surface area contributed by atoms with E-state index < -0.39 is 11.8 Å². The van der Waals surface area contributed by atoms with Gasteiger partial charge in [-0.15, -0.1) is 0 Å². The Morgan fingerprint density at radius 3 is 2.61 bits per heavy atom. The van der Waals surface area contributed by atoms with Crippen LogP contribution in [0.15, 0.2) is 30.3 Å². The van der Waals surface area contributed by atoms with Crippen molar-refractivity contribution < 1.29 is 9.59 Å². The van der Waals surface area contributed by atoms with Gasteiger partial charge in [0.25, 0.3) is 11.8 Å².